The van der Waals surface area contributed by atoms with Gasteiger partial charge in [0.1, 0.15) is 0 Å². The summed E-state index contributed by atoms with van der Waals surface area (Å²) < 4.78 is 25.4. The molecule has 2 atom stereocenters. The average molecular weight is 521 g/mol. The number of aliphatic hydroxyl groups excluding tert-OH is 1. The van der Waals surface area contributed by atoms with Gasteiger partial charge in [-0.05, 0) is 72.5 Å². The zero-order valence-electron chi connectivity index (χ0n) is 21.5. The topological polar surface area (TPSA) is 95.5 Å². The van der Waals surface area contributed by atoms with Gasteiger partial charge in [-0.25, -0.2) is 13.1 Å². The van der Waals surface area contributed by atoms with Gasteiger partial charge in [0.2, 0.25) is 10.0 Å². The third-order valence-electron chi connectivity index (χ3n) is 7.15. The van der Waals surface area contributed by atoms with Crippen LogP contribution in [0.4, 0.5) is 0 Å². The fourth-order valence-corrected chi connectivity index (χ4v) is 5.55. The average Bonchev–Trinajstić information content (AvgIpc) is 3.43. The quantitative estimate of drug-likeness (QED) is 0.351. The second kappa shape index (κ2) is 12.0. The number of carbonyl (C=O) groups is 1. The Bertz CT molecular complexity index is 1300. The van der Waals surface area contributed by atoms with Crippen LogP contribution in [0.1, 0.15) is 71.7 Å². The summed E-state index contributed by atoms with van der Waals surface area (Å²) in [5.74, 6) is -0.302. The number of nitrogens with one attached hydrogen (secondary N) is 2. The molecule has 3 N–H and O–H groups in total. The molecule has 1 saturated carbocycles. The summed E-state index contributed by atoms with van der Waals surface area (Å²) in [5, 5.41) is 14.0. The van der Waals surface area contributed by atoms with Crippen LogP contribution in [0.25, 0.3) is 11.1 Å². The Morgan fingerprint density at radius 1 is 0.973 bits per heavy atom. The molecular formula is C30H36N2O4S. The highest BCUT2D eigenvalue weighted by atomic mass is 32.2. The maximum absolute atomic E-state index is 12.7. The Kier molecular flexibility index (Phi) is 8.79. The minimum atomic E-state index is -3.63. The van der Waals surface area contributed by atoms with Crippen molar-refractivity contribution in [2.45, 2.75) is 57.1 Å². The predicted octanol–water partition coefficient (Wildman–Crippen LogP) is 4.95. The van der Waals surface area contributed by atoms with Crippen LogP contribution in [0.2, 0.25) is 0 Å². The first-order valence-corrected chi connectivity index (χ1v) is 14.8. The highest BCUT2D eigenvalue weighted by Crippen LogP contribution is 2.38. The first-order chi connectivity index (χ1) is 17.7. The molecule has 0 saturated heterocycles. The van der Waals surface area contributed by atoms with Gasteiger partial charge < -0.3 is 10.4 Å². The summed E-state index contributed by atoms with van der Waals surface area (Å²) in [5.41, 5.74) is 5.54. The molecule has 196 valence electrons. The molecule has 6 nitrogen and oxygen atoms in total. The highest BCUT2D eigenvalue weighted by molar-refractivity contribution is 7.89. The van der Waals surface area contributed by atoms with Crippen molar-refractivity contribution in [1.82, 2.24) is 10.0 Å². The van der Waals surface area contributed by atoms with Crippen molar-refractivity contribution in [3.8, 4) is 11.1 Å². The van der Waals surface area contributed by atoms with Crippen molar-refractivity contribution in [2.75, 3.05) is 12.8 Å². The zero-order valence-corrected chi connectivity index (χ0v) is 22.3. The minimum absolute atomic E-state index is 0.0610. The van der Waals surface area contributed by atoms with E-state index in [4.69, 9.17) is 0 Å². The molecule has 0 heterocycles. The molecule has 3 aromatic rings. The van der Waals surface area contributed by atoms with Crippen LogP contribution in [0.5, 0.6) is 0 Å². The summed E-state index contributed by atoms with van der Waals surface area (Å²) in [7, 11) is -3.63. The van der Waals surface area contributed by atoms with Crippen molar-refractivity contribution < 1.29 is 18.3 Å². The molecule has 0 unspecified atom stereocenters. The molecule has 0 aromatic heterocycles. The van der Waals surface area contributed by atoms with E-state index in [0.717, 1.165) is 67.2 Å². The van der Waals surface area contributed by atoms with Gasteiger partial charge in [0.25, 0.3) is 5.91 Å². The Morgan fingerprint density at radius 3 is 2.27 bits per heavy atom. The summed E-state index contributed by atoms with van der Waals surface area (Å²) in [6, 6.07) is 23.7. The van der Waals surface area contributed by atoms with Crippen LogP contribution in [-0.4, -0.2) is 38.3 Å². The van der Waals surface area contributed by atoms with Crippen molar-refractivity contribution in [3.05, 3.63) is 95.1 Å². The molecule has 7 heteroatoms. The van der Waals surface area contributed by atoms with E-state index in [9.17, 15) is 18.3 Å². The van der Waals surface area contributed by atoms with Gasteiger partial charge in [-0.15, -0.1) is 0 Å². The van der Waals surface area contributed by atoms with Crippen molar-refractivity contribution >= 4 is 15.9 Å². The molecular weight excluding hydrogens is 484 g/mol. The number of hydrogen-bond acceptors (Lipinski definition) is 5. The van der Waals surface area contributed by atoms with Gasteiger partial charge in [-0.1, -0.05) is 79.6 Å². The Morgan fingerprint density at radius 2 is 1.62 bits per heavy atom. The minimum Gasteiger partial charge on any atom is -0.387 e. The number of sulfonamides is 1. The number of amides is 1. The van der Waals surface area contributed by atoms with Crippen LogP contribution < -0.4 is 10.0 Å². The van der Waals surface area contributed by atoms with Gasteiger partial charge in [-0.3, -0.25) is 4.79 Å². The molecule has 0 radical (unpaired) electrons. The molecule has 0 bridgehead atoms. The standard InChI is InChI=1S/C30H36N2O4S/c1-21(29(33)25-10-4-3-5-11-25)31-19-18-22-12-14-23(15-13-22)26-16-17-27(30(34)32-37(2,35)36)28(20-26)24-8-6-7-9-24/h3-5,10-17,20-21,24,29,31,33H,6-9,18-19H2,1-2H3,(H,32,34)/t21-,29-/m0/s1. The zero-order chi connectivity index (χ0) is 26.4. The lowest BCUT2D eigenvalue weighted by atomic mass is 9.89. The number of hydrogen-bond donors (Lipinski definition) is 3. The third-order valence-corrected chi connectivity index (χ3v) is 7.71. The second-order valence-corrected chi connectivity index (χ2v) is 11.8. The van der Waals surface area contributed by atoms with Crippen LogP contribution in [-0.2, 0) is 16.4 Å². The molecule has 37 heavy (non-hydrogen) atoms. The van der Waals surface area contributed by atoms with Crippen molar-refractivity contribution in [1.29, 1.82) is 0 Å². The highest BCUT2D eigenvalue weighted by Gasteiger charge is 2.24. The van der Waals surface area contributed by atoms with Gasteiger partial charge in [0.15, 0.2) is 0 Å². The molecule has 4 rings (SSSR count). The van der Waals surface area contributed by atoms with E-state index in [0.29, 0.717) is 5.56 Å². The molecule has 1 fully saturated rings. The van der Waals surface area contributed by atoms with Crippen molar-refractivity contribution in [2.24, 2.45) is 0 Å². The first-order valence-electron chi connectivity index (χ1n) is 12.9. The van der Waals surface area contributed by atoms with E-state index in [2.05, 4.69) is 40.4 Å². The number of rotatable bonds is 10. The van der Waals surface area contributed by atoms with Crippen LogP contribution in [0, 0.1) is 0 Å². The molecule has 1 aliphatic rings. The largest absolute Gasteiger partial charge is 0.387 e. The van der Waals surface area contributed by atoms with E-state index < -0.39 is 22.0 Å². The normalized spacial score (nSPS) is 15.9. The van der Waals surface area contributed by atoms with Gasteiger partial charge in [0.05, 0.1) is 12.4 Å². The SMILES string of the molecule is C[C@H](NCCc1ccc(-c2ccc(C(=O)NS(C)(=O)=O)c(C3CCCC3)c2)cc1)[C@H](O)c1ccccc1. The Balaban J connectivity index is 1.42. The lowest BCUT2D eigenvalue weighted by Gasteiger charge is -2.20. The van der Waals surface area contributed by atoms with Crippen molar-refractivity contribution in [3.63, 3.8) is 0 Å². The van der Waals surface area contributed by atoms with Crippen LogP contribution in [0.15, 0.2) is 72.8 Å². The molecule has 0 spiro atoms. The van der Waals surface area contributed by atoms with Gasteiger partial charge in [-0.2, -0.15) is 0 Å². The van der Waals surface area contributed by atoms with E-state index >= 15 is 0 Å². The van der Waals surface area contributed by atoms with E-state index in [1.807, 2.05) is 43.3 Å². The fourth-order valence-electron chi connectivity index (χ4n) is 5.11. The van der Waals surface area contributed by atoms with E-state index in [1.165, 1.54) is 5.56 Å². The lowest BCUT2D eigenvalue weighted by molar-refractivity contribution is 0.0980. The van der Waals surface area contributed by atoms with E-state index in [-0.39, 0.29) is 12.0 Å². The smallest absolute Gasteiger partial charge is 0.265 e. The monoisotopic (exact) mass is 520 g/mol. The summed E-state index contributed by atoms with van der Waals surface area (Å²) >= 11 is 0. The predicted molar refractivity (Wildman–Crippen MR) is 148 cm³/mol. The molecule has 1 amide bonds. The maximum Gasteiger partial charge on any atom is 0.265 e. The summed E-state index contributed by atoms with van der Waals surface area (Å²) in [6.45, 7) is 2.74. The Hall–Kier alpha value is -3.00. The van der Waals surface area contributed by atoms with Gasteiger partial charge >= 0.3 is 0 Å². The van der Waals surface area contributed by atoms with Crippen LogP contribution >= 0.6 is 0 Å². The molecule has 1 aliphatic carbocycles. The number of benzene rings is 3. The van der Waals surface area contributed by atoms with Crippen LogP contribution in [0.3, 0.4) is 0 Å². The number of aliphatic hydroxyl groups is 1. The molecule has 3 aromatic carbocycles. The first kappa shape index (κ1) is 27.0. The van der Waals surface area contributed by atoms with E-state index in [1.54, 1.807) is 6.07 Å². The van der Waals surface area contributed by atoms with Gasteiger partial charge in [0, 0.05) is 11.6 Å². The summed E-state index contributed by atoms with van der Waals surface area (Å²) in [4.78, 5) is 12.7. The fraction of sp³-hybridized carbons (Fsp3) is 0.367. The Labute approximate surface area is 220 Å². The second-order valence-electron chi connectivity index (χ2n) is 10.0. The lowest BCUT2D eigenvalue weighted by Crippen LogP contribution is -2.33. The molecule has 0 aliphatic heterocycles. The number of carbonyl (C=O) groups excluding carboxylic acids is 1. The third kappa shape index (κ3) is 7.28. The summed E-state index contributed by atoms with van der Waals surface area (Å²) in [6.07, 6.45) is 5.53. The maximum atomic E-state index is 12.7.